The molecule has 0 aliphatic carbocycles. The summed E-state index contributed by atoms with van der Waals surface area (Å²) in [5.74, 6) is 0.519. The summed E-state index contributed by atoms with van der Waals surface area (Å²) < 4.78 is 14.2. The van der Waals surface area contributed by atoms with Crippen LogP contribution in [0.4, 0.5) is 0 Å². The molecule has 1 atom stereocenters. The van der Waals surface area contributed by atoms with Crippen LogP contribution >= 0.6 is 0 Å². The number of aromatic nitrogens is 1. The van der Waals surface area contributed by atoms with E-state index >= 15 is 0 Å². The summed E-state index contributed by atoms with van der Waals surface area (Å²) in [6.07, 6.45) is 9.29. The average Bonchev–Trinajstić information content (AvgIpc) is 3.38. The number of carboxylic acids is 1. The van der Waals surface area contributed by atoms with Crippen molar-refractivity contribution in [2.75, 3.05) is 6.61 Å². The second kappa shape index (κ2) is 16.5. The van der Waals surface area contributed by atoms with Gasteiger partial charge in [0, 0.05) is 24.4 Å². The molecule has 0 aliphatic rings. The number of hydrogen-bond acceptors (Lipinski definition) is 3. The molecule has 0 amide bonds. The number of benzene rings is 3. The van der Waals surface area contributed by atoms with Crippen molar-refractivity contribution < 1.29 is 19.4 Å². The number of carbonyl (C=O) groups is 1. The maximum atomic E-state index is 11.8. The van der Waals surface area contributed by atoms with Crippen LogP contribution in [0.25, 0.3) is 11.3 Å². The SMILES string of the molecule is CCCCCCCCCOc1ccc(CCn2c(C)ccc2-c2ccc(O[C@H](Cc3ccccc3)C(=O)O)cc2)cc1. The van der Waals surface area contributed by atoms with E-state index in [4.69, 9.17) is 9.47 Å². The number of hydrogen-bond donors (Lipinski definition) is 1. The number of unbranched alkanes of at least 4 members (excludes halogenated alkanes) is 6. The maximum absolute atomic E-state index is 11.8. The van der Waals surface area contributed by atoms with Crippen LogP contribution in [-0.4, -0.2) is 28.4 Å². The molecule has 5 heteroatoms. The molecule has 42 heavy (non-hydrogen) atoms. The fraction of sp³-hybridized carbons (Fsp3) is 0.378. The predicted molar refractivity (Wildman–Crippen MR) is 170 cm³/mol. The average molecular weight is 568 g/mol. The fourth-order valence-electron chi connectivity index (χ4n) is 5.24. The van der Waals surface area contributed by atoms with E-state index in [1.165, 1.54) is 49.8 Å². The number of rotatable bonds is 18. The maximum Gasteiger partial charge on any atom is 0.345 e. The Morgan fingerprint density at radius 1 is 0.762 bits per heavy atom. The highest BCUT2D eigenvalue weighted by molar-refractivity contribution is 5.73. The summed E-state index contributed by atoms with van der Waals surface area (Å²) in [5.41, 5.74) is 5.61. The lowest BCUT2D eigenvalue weighted by molar-refractivity contribution is -0.145. The van der Waals surface area contributed by atoms with Gasteiger partial charge in [-0.25, -0.2) is 4.79 Å². The fourth-order valence-corrected chi connectivity index (χ4v) is 5.24. The standard InChI is InChI=1S/C37H45NO4/c1-3-4-5-6-7-8-12-27-41-33-20-16-30(17-21-33)25-26-38-29(2)15-24-35(38)32-18-22-34(23-19-32)42-36(37(39)40)28-31-13-10-9-11-14-31/h9-11,13-24,36H,3-8,12,25-28H2,1-2H3,(H,39,40)/t36-/m1/s1. The quantitative estimate of drug-likeness (QED) is 0.122. The molecule has 0 aliphatic heterocycles. The minimum absolute atomic E-state index is 0.312. The van der Waals surface area contributed by atoms with Crippen LogP contribution in [0.5, 0.6) is 11.5 Å². The van der Waals surface area contributed by atoms with Crippen LogP contribution in [0.15, 0.2) is 91.0 Å². The molecule has 0 radical (unpaired) electrons. The molecule has 4 rings (SSSR count). The van der Waals surface area contributed by atoms with E-state index in [1.807, 2.05) is 54.6 Å². The van der Waals surface area contributed by atoms with Crippen molar-refractivity contribution in [2.24, 2.45) is 0 Å². The number of aryl methyl sites for hydroxylation is 2. The molecule has 1 aromatic heterocycles. The lowest BCUT2D eigenvalue weighted by Gasteiger charge is -2.16. The highest BCUT2D eigenvalue weighted by atomic mass is 16.5. The van der Waals surface area contributed by atoms with E-state index in [-0.39, 0.29) is 0 Å². The Morgan fingerprint density at radius 2 is 1.43 bits per heavy atom. The molecule has 0 saturated carbocycles. The summed E-state index contributed by atoms with van der Waals surface area (Å²) in [7, 11) is 0. The van der Waals surface area contributed by atoms with Gasteiger partial charge >= 0.3 is 5.97 Å². The van der Waals surface area contributed by atoms with Crippen molar-refractivity contribution in [3.63, 3.8) is 0 Å². The van der Waals surface area contributed by atoms with E-state index in [1.54, 1.807) is 0 Å². The first-order valence-electron chi connectivity index (χ1n) is 15.4. The molecule has 4 aromatic rings. The molecule has 3 aromatic carbocycles. The second-order valence-corrected chi connectivity index (χ2v) is 11.0. The molecule has 0 saturated heterocycles. The molecule has 1 heterocycles. The monoisotopic (exact) mass is 567 g/mol. The first-order valence-corrected chi connectivity index (χ1v) is 15.4. The number of carboxylic acid groups (broad SMARTS) is 1. The zero-order chi connectivity index (χ0) is 29.6. The topological polar surface area (TPSA) is 60.7 Å². The third-order valence-electron chi connectivity index (χ3n) is 7.73. The molecule has 0 bridgehead atoms. The van der Waals surface area contributed by atoms with Gasteiger partial charge in [0.05, 0.1) is 6.61 Å². The normalized spacial score (nSPS) is 11.8. The Hall–Kier alpha value is -3.99. The van der Waals surface area contributed by atoms with Gasteiger partial charge in [0.25, 0.3) is 0 Å². The largest absolute Gasteiger partial charge is 0.494 e. The molecule has 0 fully saturated rings. The van der Waals surface area contributed by atoms with Gasteiger partial charge in [0.1, 0.15) is 11.5 Å². The molecule has 5 nitrogen and oxygen atoms in total. The molecule has 0 unspecified atom stereocenters. The van der Waals surface area contributed by atoms with E-state index < -0.39 is 12.1 Å². The van der Waals surface area contributed by atoms with Crippen LogP contribution < -0.4 is 9.47 Å². The van der Waals surface area contributed by atoms with Crippen molar-refractivity contribution in [1.82, 2.24) is 4.57 Å². The zero-order valence-electron chi connectivity index (χ0n) is 25.1. The predicted octanol–water partition coefficient (Wildman–Crippen LogP) is 8.91. The Labute approximate surface area is 251 Å². The molecule has 1 N–H and O–H groups in total. The van der Waals surface area contributed by atoms with E-state index in [0.717, 1.165) is 48.6 Å². The Bertz CT molecular complexity index is 1340. The van der Waals surface area contributed by atoms with Gasteiger partial charge in [-0.15, -0.1) is 0 Å². The van der Waals surface area contributed by atoms with Crippen molar-refractivity contribution in [3.8, 4) is 22.8 Å². The van der Waals surface area contributed by atoms with Gasteiger partial charge in [-0.3, -0.25) is 0 Å². The van der Waals surface area contributed by atoms with Gasteiger partial charge in [-0.1, -0.05) is 87.9 Å². The van der Waals surface area contributed by atoms with Gasteiger partial charge in [-0.05, 0) is 85.0 Å². The Kier molecular flexibility index (Phi) is 12.1. The third-order valence-corrected chi connectivity index (χ3v) is 7.73. The van der Waals surface area contributed by atoms with E-state index in [2.05, 4.69) is 54.8 Å². The summed E-state index contributed by atoms with van der Waals surface area (Å²) in [6.45, 7) is 6.03. The van der Waals surface area contributed by atoms with Crippen LogP contribution in [0.1, 0.15) is 68.7 Å². The molecule has 0 spiro atoms. The lowest BCUT2D eigenvalue weighted by atomic mass is 10.1. The second-order valence-electron chi connectivity index (χ2n) is 11.0. The third kappa shape index (κ3) is 9.54. The van der Waals surface area contributed by atoms with Gasteiger partial charge < -0.3 is 19.1 Å². The minimum atomic E-state index is -0.972. The Morgan fingerprint density at radius 3 is 2.12 bits per heavy atom. The zero-order valence-corrected chi connectivity index (χ0v) is 25.1. The van der Waals surface area contributed by atoms with Crippen molar-refractivity contribution in [3.05, 3.63) is 108 Å². The van der Waals surface area contributed by atoms with Crippen molar-refractivity contribution in [1.29, 1.82) is 0 Å². The van der Waals surface area contributed by atoms with Gasteiger partial charge in [-0.2, -0.15) is 0 Å². The lowest BCUT2D eigenvalue weighted by Crippen LogP contribution is -2.29. The number of ether oxygens (including phenoxy) is 2. The number of nitrogens with zero attached hydrogens (tertiary/aromatic N) is 1. The van der Waals surface area contributed by atoms with Gasteiger partial charge in [0.15, 0.2) is 6.10 Å². The summed E-state index contributed by atoms with van der Waals surface area (Å²) in [4.78, 5) is 11.8. The van der Waals surface area contributed by atoms with Crippen molar-refractivity contribution in [2.45, 2.75) is 84.3 Å². The summed E-state index contributed by atoms with van der Waals surface area (Å²) in [6, 6.07) is 30.0. The van der Waals surface area contributed by atoms with E-state index in [0.29, 0.717) is 12.2 Å². The Balaban J connectivity index is 1.28. The van der Waals surface area contributed by atoms with E-state index in [9.17, 15) is 9.90 Å². The molecule has 222 valence electrons. The summed E-state index contributed by atoms with van der Waals surface area (Å²) in [5, 5.41) is 9.69. The smallest absolute Gasteiger partial charge is 0.345 e. The number of aliphatic carboxylic acids is 1. The van der Waals surface area contributed by atoms with Crippen molar-refractivity contribution >= 4 is 5.97 Å². The minimum Gasteiger partial charge on any atom is -0.494 e. The van der Waals surface area contributed by atoms with Crippen LogP contribution in [0.2, 0.25) is 0 Å². The van der Waals surface area contributed by atoms with Crippen LogP contribution in [-0.2, 0) is 24.2 Å². The molecular weight excluding hydrogens is 522 g/mol. The van der Waals surface area contributed by atoms with Crippen LogP contribution in [0.3, 0.4) is 0 Å². The first-order chi connectivity index (χ1) is 20.5. The highest BCUT2D eigenvalue weighted by Crippen LogP contribution is 2.26. The van der Waals surface area contributed by atoms with Crippen LogP contribution in [0, 0.1) is 6.92 Å². The van der Waals surface area contributed by atoms with Gasteiger partial charge in [0.2, 0.25) is 0 Å². The highest BCUT2D eigenvalue weighted by Gasteiger charge is 2.20. The molecular formula is C37H45NO4. The summed E-state index contributed by atoms with van der Waals surface area (Å²) >= 11 is 0. The first kappa shape index (κ1) is 31.0.